The number of benzene rings is 1. The average molecular weight is 245 g/mol. The summed E-state index contributed by atoms with van der Waals surface area (Å²) < 4.78 is 6.91. The first-order chi connectivity index (χ1) is 8.65. The lowest BCUT2D eigenvalue weighted by molar-refractivity contribution is 0.111. The Hall–Kier alpha value is -2.30. The van der Waals surface area contributed by atoms with Gasteiger partial charge in [0.25, 0.3) is 0 Å². The molecule has 2 aromatic rings. The topological polar surface area (TPSA) is 70.1 Å². The Kier molecular flexibility index (Phi) is 3.32. The van der Waals surface area contributed by atoms with E-state index in [0.717, 1.165) is 11.8 Å². The summed E-state index contributed by atoms with van der Waals surface area (Å²) in [7, 11) is 1.73. The smallest absolute Gasteiger partial charge is 0.168 e. The molecule has 0 aliphatic carbocycles. The molecule has 5 nitrogen and oxygen atoms in total. The number of carbonyl (C=O) groups excluding carboxylic acids is 1. The molecule has 0 bridgehead atoms. The molecule has 0 atom stereocenters. The highest BCUT2D eigenvalue weighted by atomic mass is 16.5. The van der Waals surface area contributed by atoms with Crippen LogP contribution in [0.1, 0.15) is 17.4 Å². The fourth-order valence-corrected chi connectivity index (χ4v) is 1.73. The number of nitrogens with zero attached hydrogens (tertiary/aromatic N) is 2. The first-order valence-electron chi connectivity index (χ1n) is 5.67. The van der Waals surface area contributed by atoms with Gasteiger partial charge in [0.15, 0.2) is 6.29 Å². The van der Waals surface area contributed by atoms with Gasteiger partial charge in [0.05, 0.1) is 18.0 Å². The fourth-order valence-electron chi connectivity index (χ4n) is 1.73. The highest BCUT2D eigenvalue weighted by Crippen LogP contribution is 2.28. The summed E-state index contributed by atoms with van der Waals surface area (Å²) in [5.74, 6) is 0.660. The van der Waals surface area contributed by atoms with Crippen LogP contribution in [-0.4, -0.2) is 22.7 Å². The SMILES string of the molecule is CCOc1ccc(-c2cc(C=O)n(C)n2)cc1N. The van der Waals surface area contributed by atoms with Crippen LogP contribution in [0.5, 0.6) is 5.75 Å². The maximum atomic E-state index is 10.8. The van der Waals surface area contributed by atoms with Crippen molar-refractivity contribution in [3.05, 3.63) is 30.0 Å². The van der Waals surface area contributed by atoms with Gasteiger partial charge in [-0.1, -0.05) is 0 Å². The van der Waals surface area contributed by atoms with Gasteiger partial charge in [-0.05, 0) is 31.2 Å². The van der Waals surface area contributed by atoms with E-state index < -0.39 is 0 Å². The number of aromatic nitrogens is 2. The van der Waals surface area contributed by atoms with Crippen molar-refractivity contribution in [2.24, 2.45) is 7.05 Å². The van der Waals surface area contributed by atoms with E-state index in [1.165, 1.54) is 4.68 Å². The van der Waals surface area contributed by atoms with Crippen LogP contribution in [0.15, 0.2) is 24.3 Å². The summed E-state index contributed by atoms with van der Waals surface area (Å²) in [6.07, 6.45) is 0.772. The van der Waals surface area contributed by atoms with Crippen LogP contribution in [0.4, 0.5) is 5.69 Å². The van der Waals surface area contributed by atoms with Crippen molar-refractivity contribution < 1.29 is 9.53 Å². The molecule has 1 aromatic heterocycles. The minimum absolute atomic E-state index is 0.525. The summed E-state index contributed by atoms with van der Waals surface area (Å²) >= 11 is 0. The second-order valence-corrected chi connectivity index (χ2v) is 3.88. The van der Waals surface area contributed by atoms with Gasteiger partial charge in [-0.25, -0.2) is 0 Å². The molecule has 0 spiro atoms. The molecule has 0 fully saturated rings. The number of aldehydes is 1. The molecule has 2 N–H and O–H groups in total. The molecule has 0 aliphatic heterocycles. The van der Waals surface area contributed by atoms with Gasteiger partial charge < -0.3 is 10.5 Å². The molecule has 18 heavy (non-hydrogen) atoms. The predicted molar refractivity (Wildman–Crippen MR) is 69.6 cm³/mol. The highest BCUT2D eigenvalue weighted by Gasteiger charge is 2.08. The van der Waals surface area contributed by atoms with E-state index in [0.29, 0.717) is 29.4 Å². The Labute approximate surface area is 105 Å². The Bertz CT molecular complexity index is 576. The van der Waals surface area contributed by atoms with Crippen LogP contribution in [0.25, 0.3) is 11.3 Å². The number of nitrogens with two attached hydrogens (primary N) is 1. The second kappa shape index (κ2) is 4.91. The van der Waals surface area contributed by atoms with Crippen molar-refractivity contribution in [2.75, 3.05) is 12.3 Å². The number of aryl methyl sites for hydroxylation is 1. The number of anilines is 1. The molecule has 0 aliphatic rings. The standard InChI is InChI=1S/C13H15N3O2/c1-3-18-13-5-4-9(6-11(13)14)12-7-10(8-17)16(2)15-12/h4-8H,3,14H2,1-2H3. The van der Waals surface area contributed by atoms with Crippen LogP contribution in [-0.2, 0) is 7.05 Å². The molecule has 0 unspecified atom stereocenters. The van der Waals surface area contributed by atoms with E-state index in [1.54, 1.807) is 19.2 Å². The van der Waals surface area contributed by atoms with E-state index in [-0.39, 0.29) is 0 Å². The molecular formula is C13H15N3O2. The number of rotatable bonds is 4. The Morgan fingerprint density at radius 1 is 1.44 bits per heavy atom. The molecule has 1 aromatic carbocycles. The van der Waals surface area contributed by atoms with Crippen molar-refractivity contribution >= 4 is 12.0 Å². The molecule has 94 valence electrons. The lowest BCUT2D eigenvalue weighted by Crippen LogP contribution is -1.97. The lowest BCUT2D eigenvalue weighted by atomic mass is 10.1. The average Bonchev–Trinajstić information content (AvgIpc) is 2.73. The number of hydrogen-bond acceptors (Lipinski definition) is 4. The molecule has 0 saturated heterocycles. The van der Waals surface area contributed by atoms with Crippen LogP contribution >= 0.6 is 0 Å². The van der Waals surface area contributed by atoms with Gasteiger partial charge in [-0.3, -0.25) is 9.48 Å². The van der Waals surface area contributed by atoms with Gasteiger partial charge in [0, 0.05) is 12.6 Å². The Morgan fingerprint density at radius 2 is 2.22 bits per heavy atom. The van der Waals surface area contributed by atoms with E-state index >= 15 is 0 Å². The summed E-state index contributed by atoms with van der Waals surface area (Å²) in [5, 5.41) is 4.26. The van der Waals surface area contributed by atoms with Gasteiger partial charge >= 0.3 is 0 Å². The first-order valence-corrected chi connectivity index (χ1v) is 5.67. The van der Waals surface area contributed by atoms with Crippen LogP contribution < -0.4 is 10.5 Å². The maximum absolute atomic E-state index is 10.8. The molecule has 0 radical (unpaired) electrons. The normalized spacial score (nSPS) is 10.3. The molecule has 5 heteroatoms. The van der Waals surface area contributed by atoms with Crippen molar-refractivity contribution in [1.82, 2.24) is 9.78 Å². The molecule has 0 saturated carbocycles. The third kappa shape index (κ3) is 2.20. The summed E-state index contributed by atoms with van der Waals surface area (Å²) in [6.45, 7) is 2.48. The summed E-state index contributed by atoms with van der Waals surface area (Å²) in [5.41, 5.74) is 8.56. The van der Waals surface area contributed by atoms with Gasteiger partial charge in [0.2, 0.25) is 0 Å². The van der Waals surface area contributed by atoms with Crippen LogP contribution in [0.2, 0.25) is 0 Å². The van der Waals surface area contributed by atoms with Crippen LogP contribution in [0.3, 0.4) is 0 Å². The van der Waals surface area contributed by atoms with Crippen LogP contribution in [0, 0.1) is 0 Å². The third-order valence-corrected chi connectivity index (χ3v) is 2.64. The van der Waals surface area contributed by atoms with Gasteiger partial charge in [-0.15, -0.1) is 0 Å². The van der Waals surface area contributed by atoms with Crippen molar-refractivity contribution in [3.63, 3.8) is 0 Å². The van der Waals surface area contributed by atoms with Gasteiger partial charge in [0.1, 0.15) is 11.4 Å². The molecule has 0 amide bonds. The van der Waals surface area contributed by atoms with E-state index in [4.69, 9.17) is 10.5 Å². The van der Waals surface area contributed by atoms with Crippen molar-refractivity contribution in [1.29, 1.82) is 0 Å². The molecular weight excluding hydrogens is 230 g/mol. The number of nitrogen functional groups attached to an aromatic ring is 1. The number of hydrogen-bond donors (Lipinski definition) is 1. The zero-order valence-electron chi connectivity index (χ0n) is 10.4. The third-order valence-electron chi connectivity index (χ3n) is 2.64. The van der Waals surface area contributed by atoms with E-state index in [2.05, 4.69) is 5.10 Å². The largest absolute Gasteiger partial charge is 0.492 e. The molecule has 1 heterocycles. The fraction of sp³-hybridized carbons (Fsp3) is 0.231. The van der Waals surface area contributed by atoms with Crippen molar-refractivity contribution in [3.8, 4) is 17.0 Å². The zero-order valence-corrected chi connectivity index (χ0v) is 10.4. The quantitative estimate of drug-likeness (QED) is 0.659. The minimum Gasteiger partial charge on any atom is -0.492 e. The van der Waals surface area contributed by atoms with Crippen molar-refractivity contribution in [2.45, 2.75) is 6.92 Å². The molecule has 2 rings (SSSR count). The number of ether oxygens (including phenoxy) is 1. The summed E-state index contributed by atoms with van der Waals surface area (Å²) in [4.78, 5) is 10.8. The minimum atomic E-state index is 0.525. The lowest BCUT2D eigenvalue weighted by Gasteiger charge is -2.07. The number of carbonyl (C=O) groups is 1. The van der Waals surface area contributed by atoms with E-state index in [1.807, 2.05) is 19.1 Å². The summed E-state index contributed by atoms with van der Waals surface area (Å²) in [6, 6.07) is 7.20. The monoisotopic (exact) mass is 245 g/mol. The first kappa shape index (κ1) is 12.2. The van der Waals surface area contributed by atoms with Gasteiger partial charge in [-0.2, -0.15) is 5.10 Å². The highest BCUT2D eigenvalue weighted by molar-refractivity contribution is 5.77. The maximum Gasteiger partial charge on any atom is 0.168 e. The van der Waals surface area contributed by atoms with E-state index in [9.17, 15) is 4.79 Å². The predicted octanol–water partition coefficient (Wildman–Crippen LogP) is 1.88. The second-order valence-electron chi connectivity index (χ2n) is 3.88. The zero-order chi connectivity index (χ0) is 13.1. The Balaban J connectivity index is 2.38. The Morgan fingerprint density at radius 3 is 2.78 bits per heavy atom.